The van der Waals surface area contributed by atoms with Crippen LogP contribution in [0.3, 0.4) is 0 Å². The van der Waals surface area contributed by atoms with Crippen molar-refractivity contribution in [2.75, 3.05) is 91.8 Å². The SMILES string of the molecule is C.CN(/N=C/c1ccc(Nc2cccc(C(F)(F)F)c2)cn1)c1ncc(F)c(N2CCOCC2)n1.CN(N)c1ncc(F)c(N2CCOCC2)n1.O=Cc1ccc(Cc2cccc(C(F)(F)F)c2)cn1. The number of hydrazine groups is 1. The topological polar surface area (TPSA) is 176 Å². The molecule has 0 saturated carbocycles. The van der Waals surface area contributed by atoms with Gasteiger partial charge >= 0.3 is 12.4 Å². The molecule has 0 atom stereocenters. The summed E-state index contributed by atoms with van der Waals surface area (Å²) in [5.74, 6) is 5.53. The number of pyridine rings is 2. The number of nitrogens with two attached hydrogens (primary N) is 1. The Balaban J connectivity index is 0.000000214. The Morgan fingerprint density at radius 2 is 1.21 bits per heavy atom. The molecule has 0 amide bonds. The molecule has 4 aromatic heterocycles. The van der Waals surface area contributed by atoms with E-state index in [1.165, 1.54) is 52.9 Å². The number of alkyl halides is 6. The van der Waals surface area contributed by atoms with Crippen LogP contribution in [0.25, 0.3) is 0 Å². The molecule has 372 valence electrons. The van der Waals surface area contributed by atoms with Gasteiger partial charge in [0.05, 0.1) is 73.7 Å². The highest BCUT2D eigenvalue weighted by Gasteiger charge is 2.31. The van der Waals surface area contributed by atoms with Crippen LogP contribution in [0.4, 0.5) is 70.0 Å². The third-order valence-electron chi connectivity index (χ3n) is 9.91. The summed E-state index contributed by atoms with van der Waals surface area (Å²) >= 11 is 0. The zero-order chi connectivity index (χ0) is 49.6. The first-order valence-corrected chi connectivity index (χ1v) is 20.9. The van der Waals surface area contributed by atoms with Gasteiger partial charge in [-0.15, -0.1) is 0 Å². The van der Waals surface area contributed by atoms with Gasteiger partial charge in [-0.25, -0.2) is 29.6 Å². The molecule has 2 aliphatic rings. The number of anilines is 6. The minimum atomic E-state index is -4.42. The highest BCUT2D eigenvalue weighted by atomic mass is 19.4. The van der Waals surface area contributed by atoms with Gasteiger partial charge in [-0.2, -0.15) is 41.4 Å². The molecule has 2 aromatic carbocycles. The number of aromatic nitrogens is 6. The van der Waals surface area contributed by atoms with Crippen LogP contribution in [0.15, 0.2) is 103 Å². The molecule has 2 aliphatic heterocycles. The number of hydrogen-bond donors (Lipinski definition) is 2. The molecular formula is C46H49F8N13O3. The summed E-state index contributed by atoms with van der Waals surface area (Å²) in [7, 11) is 3.23. The van der Waals surface area contributed by atoms with E-state index in [2.05, 4.69) is 40.3 Å². The normalized spacial score (nSPS) is 13.8. The van der Waals surface area contributed by atoms with E-state index in [0.29, 0.717) is 99.6 Å². The Hall–Kier alpha value is -7.44. The summed E-state index contributed by atoms with van der Waals surface area (Å²) < 4.78 is 115. The molecule has 6 aromatic rings. The largest absolute Gasteiger partial charge is 0.416 e. The lowest BCUT2D eigenvalue weighted by Gasteiger charge is -2.28. The van der Waals surface area contributed by atoms with E-state index in [0.717, 1.165) is 42.2 Å². The van der Waals surface area contributed by atoms with Crippen molar-refractivity contribution in [1.82, 2.24) is 29.9 Å². The standard InChI is InChI=1S/C22H21F4N7O.C14H10F3NO.C9H14FN5O.CH4/c1-32(21-28-14-19(23)20(31-21)33-7-9-34-10-8-33)29-13-17-5-6-18(12-27-17)30-16-4-2-3-15(11-16)22(24,25)26;15-14(16,17)12-3-1-2-10(7-12)6-11-4-5-13(9-19)18-8-11;1-14(11)9-12-6-7(10)8(13-9)15-2-4-16-5-3-15;/h2-6,11-14,30H,7-10H2,1H3;1-5,7-9H,6H2;6H,2-5,11H2,1H3;1H4/b29-13+;;;. The van der Waals surface area contributed by atoms with Gasteiger partial charge in [0.25, 0.3) is 0 Å². The van der Waals surface area contributed by atoms with E-state index in [4.69, 9.17) is 15.3 Å². The van der Waals surface area contributed by atoms with Crippen molar-refractivity contribution in [1.29, 1.82) is 0 Å². The molecule has 0 spiro atoms. The number of rotatable bonds is 11. The summed E-state index contributed by atoms with van der Waals surface area (Å²) in [5.41, 5.74) is 1.51. The van der Waals surface area contributed by atoms with Crippen LogP contribution in [-0.2, 0) is 28.2 Å². The summed E-state index contributed by atoms with van der Waals surface area (Å²) in [4.78, 5) is 38.3. The summed E-state index contributed by atoms with van der Waals surface area (Å²) in [6.07, 6.45) is -1.12. The first-order chi connectivity index (χ1) is 33.0. The molecule has 6 heterocycles. The van der Waals surface area contributed by atoms with Crippen molar-refractivity contribution >= 4 is 47.4 Å². The third-order valence-corrected chi connectivity index (χ3v) is 9.91. The Kier molecular flexibility index (Phi) is 18.9. The monoisotopic (exact) mass is 983 g/mol. The van der Waals surface area contributed by atoms with Crippen LogP contribution in [0.1, 0.15) is 45.9 Å². The quantitative estimate of drug-likeness (QED) is 0.0420. The van der Waals surface area contributed by atoms with Crippen LogP contribution < -0.4 is 31.0 Å². The maximum Gasteiger partial charge on any atom is 0.416 e. The first kappa shape index (κ1) is 53.5. The molecule has 8 rings (SSSR count). The number of hydrazone groups is 1. The second kappa shape index (κ2) is 24.7. The van der Waals surface area contributed by atoms with E-state index < -0.39 is 35.1 Å². The van der Waals surface area contributed by atoms with Gasteiger partial charge in [0.15, 0.2) is 29.6 Å². The zero-order valence-electron chi connectivity index (χ0n) is 37.0. The van der Waals surface area contributed by atoms with Crippen LogP contribution in [0.5, 0.6) is 0 Å². The maximum absolute atomic E-state index is 14.2. The molecule has 70 heavy (non-hydrogen) atoms. The molecular weight excluding hydrogens is 935 g/mol. The maximum atomic E-state index is 14.2. The molecule has 0 radical (unpaired) electrons. The molecule has 0 aliphatic carbocycles. The first-order valence-electron chi connectivity index (χ1n) is 20.9. The van der Waals surface area contributed by atoms with Gasteiger partial charge in [0.1, 0.15) is 5.69 Å². The van der Waals surface area contributed by atoms with Crippen LogP contribution in [0.2, 0.25) is 0 Å². The van der Waals surface area contributed by atoms with Gasteiger partial charge in [0, 0.05) is 52.2 Å². The number of carbonyl (C=O) groups excluding carboxylic acids is 1. The average Bonchev–Trinajstić information content (AvgIpc) is 3.35. The number of nitrogens with one attached hydrogen (secondary N) is 1. The van der Waals surface area contributed by atoms with E-state index in [1.807, 2.05) is 4.90 Å². The Bertz CT molecular complexity index is 2630. The van der Waals surface area contributed by atoms with Crippen molar-refractivity contribution in [3.8, 4) is 0 Å². The van der Waals surface area contributed by atoms with Crippen LogP contribution >= 0.6 is 0 Å². The fourth-order valence-corrected chi connectivity index (χ4v) is 6.41. The van der Waals surface area contributed by atoms with Crippen molar-refractivity contribution < 1.29 is 49.4 Å². The second-order valence-electron chi connectivity index (χ2n) is 15.0. The van der Waals surface area contributed by atoms with Crippen molar-refractivity contribution in [2.45, 2.75) is 26.2 Å². The van der Waals surface area contributed by atoms with Crippen molar-refractivity contribution in [3.05, 3.63) is 143 Å². The van der Waals surface area contributed by atoms with Crippen LogP contribution in [-0.4, -0.2) is 109 Å². The number of morpholine rings is 2. The number of benzene rings is 2. The van der Waals surface area contributed by atoms with E-state index in [1.54, 1.807) is 43.3 Å². The lowest BCUT2D eigenvalue weighted by molar-refractivity contribution is -0.138. The van der Waals surface area contributed by atoms with Gasteiger partial charge in [-0.05, 0) is 60.0 Å². The fourth-order valence-electron chi connectivity index (χ4n) is 6.41. The summed E-state index contributed by atoms with van der Waals surface area (Å²) in [6, 6.07) is 16.6. The van der Waals surface area contributed by atoms with E-state index in [-0.39, 0.29) is 25.0 Å². The third kappa shape index (κ3) is 15.5. The predicted octanol–water partition coefficient (Wildman–Crippen LogP) is 7.98. The van der Waals surface area contributed by atoms with E-state index >= 15 is 0 Å². The van der Waals surface area contributed by atoms with Gasteiger partial charge < -0.3 is 24.6 Å². The Morgan fingerprint density at radius 1 is 0.671 bits per heavy atom. The number of aldehydes is 1. The number of nitrogens with zero attached hydrogens (tertiary/aromatic N) is 11. The summed E-state index contributed by atoms with van der Waals surface area (Å²) in [6.45, 7) is 4.47. The Labute approximate surface area is 397 Å². The average molecular weight is 984 g/mol. The molecule has 0 unspecified atom stereocenters. The highest BCUT2D eigenvalue weighted by Crippen LogP contribution is 2.32. The minimum Gasteiger partial charge on any atom is -0.378 e. The molecule has 16 nitrogen and oxygen atoms in total. The number of hydrogen-bond acceptors (Lipinski definition) is 16. The zero-order valence-corrected chi connectivity index (χ0v) is 37.0. The van der Waals surface area contributed by atoms with Gasteiger partial charge in [-0.1, -0.05) is 37.8 Å². The number of carbonyl (C=O) groups is 1. The lowest BCUT2D eigenvalue weighted by Crippen LogP contribution is -2.38. The Morgan fingerprint density at radius 3 is 1.74 bits per heavy atom. The smallest absolute Gasteiger partial charge is 0.378 e. The predicted molar refractivity (Wildman–Crippen MR) is 248 cm³/mol. The van der Waals surface area contributed by atoms with Crippen LogP contribution in [0, 0.1) is 11.6 Å². The molecule has 2 fully saturated rings. The molecule has 24 heteroatoms. The highest BCUT2D eigenvalue weighted by molar-refractivity contribution is 5.78. The number of halogens is 8. The van der Waals surface area contributed by atoms with Gasteiger partial charge in [0.2, 0.25) is 11.9 Å². The number of ether oxygens (including phenoxy) is 2. The second-order valence-corrected chi connectivity index (χ2v) is 15.0. The minimum absolute atomic E-state index is 0. The summed E-state index contributed by atoms with van der Waals surface area (Å²) in [5, 5.41) is 9.78. The molecule has 2 saturated heterocycles. The lowest BCUT2D eigenvalue weighted by atomic mass is 10.0. The van der Waals surface area contributed by atoms with Gasteiger partial charge in [-0.3, -0.25) is 19.8 Å². The molecule has 3 N–H and O–H groups in total. The fraction of sp³-hybridized carbons (Fsp3) is 0.304. The van der Waals surface area contributed by atoms with Crippen molar-refractivity contribution in [2.24, 2.45) is 10.9 Å². The molecule has 0 bridgehead atoms. The van der Waals surface area contributed by atoms with E-state index in [9.17, 15) is 39.9 Å². The van der Waals surface area contributed by atoms with Crippen molar-refractivity contribution in [3.63, 3.8) is 0 Å².